The third-order valence-electron chi connectivity index (χ3n) is 3.25. The molecule has 3 rings (SSSR count). The van der Waals surface area contributed by atoms with Crippen LogP contribution in [0.5, 0.6) is 5.75 Å². The Morgan fingerprint density at radius 2 is 1.42 bits per heavy atom. The minimum atomic E-state index is -0.390. The molecule has 0 amide bonds. The zero-order valence-electron chi connectivity index (χ0n) is 13.7. The summed E-state index contributed by atoms with van der Waals surface area (Å²) in [6.45, 7) is 13.5. The fourth-order valence-corrected chi connectivity index (χ4v) is 2.22. The van der Waals surface area contributed by atoms with E-state index in [-0.39, 0.29) is 29.2 Å². The Labute approximate surface area is 162 Å². The van der Waals surface area contributed by atoms with E-state index in [9.17, 15) is 4.79 Å². The minimum Gasteiger partial charge on any atom is 0 e. The number of carbonyl (C=O) groups is 1. The molecule has 0 aliphatic carbocycles. The quantitative estimate of drug-likeness (QED) is 0.347. The first-order chi connectivity index (χ1) is 12.3. The number of carbonyl (C=O) groups excluding carboxylic acids is 1. The topological polar surface area (TPSA) is 98.5 Å². The molecule has 0 unspecified atom stereocenters. The van der Waals surface area contributed by atoms with Crippen LogP contribution in [-0.2, 0) is 36.1 Å². The second kappa shape index (κ2) is 14.9. The van der Waals surface area contributed by atoms with Gasteiger partial charge in [0.15, 0.2) is 11.9 Å². The number of epoxide rings is 1. The number of Topliss-reactive ketones (excluding diaryl/α,β-unsaturated/α-hetero) is 1. The van der Waals surface area contributed by atoms with E-state index in [1.54, 1.807) is 7.11 Å². The molecule has 0 radical (unpaired) electrons. The Bertz CT molecular complexity index is 709. The van der Waals surface area contributed by atoms with Crippen LogP contribution in [0.25, 0.3) is 0 Å². The fraction of sp³-hybridized carbons (Fsp3) is 0.158. The van der Waals surface area contributed by atoms with Gasteiger partial charge in [0.1, 0.15) is 11.9 Å². The Morgan fingerprint density at radius 3 is 1.96 bits per heavy atom. The molecule has 132 valence electrons. The van der Waals surface area contributed by atoms with Crippen molar-refractivity contribution in [2.75, 3.05) is 7.11 Å². The van der Waals surface area contributed by atoms with Gasteiger partial charge >= 0.3 is 33.9 Å². The van der Waals surface area contributed by atoms with Crippen LogP contribution in [0, 0.1) is 20.0 Å². The molecule has 1 heterocycles. The van der Waals surface area contributed by atoms with Gasteiger partial charge in [-0.25, -0.2) is 0 Å². The number of para-hydroxylation sites is 1. The summed E-state index contributed by atoms with van der Waals surface area (Å²) in [5.41, 5.74) is 1.61. The Kier molecular flexibility index (Phi) is 14.8. The summed E-state index contributed by atoms with van der Waals surface area (Å²) in [4.78, 5) is 12.2. The van der Waals surface area contributed by atoms with Crippen LogP contribution in [0.1, 0.15) is 22.0 Å². The van der Waals surface area contributed by atoms with E-state index in [4.69, 9.17) is 23.4 Å². The van der Waals surface area contributed by atoms with Gasteiger partial charge in [0.2, 0.25) is 0 Å². The van der Waals surface area contributed by atoms with E-state index in [1.165, 1.54) is 0 Å². The van der Waals surface area contributed by atoms with E-state index in [0.29, 0.717) is 5.56 Å². The van der Waals surface area contributed by atoms with Crippen molar-refractivity contribution in [3.8, 4) is 5.75 Å². The molecule has 1 fully saturated rings. The molecule has 1 aliphatic heterocycles. The SMILES string of the molecule is COc1ccccc1[C@H]1O[C@@H]1C(=O)c1ccccc1.[C-]#[O+].[C-]#[O+].[C-]#[O+].[Cr]. The zero-order chi connectivity index (χ0) is 19.2. The summed E-state index contributed by atoms with van der Waals surface area (Å²) in [7, 11) is 1.62. The van der Waals surface area contributed by atoms with Gasteiger partial charge in [-0.2, -0.15) is 0 Å². The summed E-state index contributed by atoms with van der Waals surface area (Å²) >= 11 is 0. The average Bonchev–Trinajstić information content (AvgIpc) is 3.53. The first-order valence-electron chi connectivity index (χ1n) is 6.80. The van der Waals surface area contributed by atoms with Crippen LogP contribution >= 0.6 is 0 Å². The standard InChI is InChI=1S/C16H14O3.3CO.Cr/c1-18-13-10-6-5-9-12(13)15-16(19-15)14(17)11-7-3-2-4-8-11;3*1-2;/h2-10,15-16H,1H3;;;;/t15-,16-;;;;/m1..../s1. The minimum absolute atomic E-state index is 0. The first kappa shape index (κ1) is 25.9. The second-order valence-electron chi connectivity index (χ2n) is 4.45. The molecule has 2 aromatic rings. The van der Waals surface area contributed by atoms with Gasteiger partial charge in [0.25, 0.3) is 0 Å². The fourth-order valence-electron chi connectivity index (χ4n) is 2.22. The predicted molar refractivity (Wildman–Crippen MR) is 83.2 cm³/mol. The van der Waals surface area contributed by atoms with Crippen molar-refractivity contribution in [3.05, 3.63) is 85.7 Å². The van der Waals surface area contributed by atoms with Crippen LogP contribution in [0.3, 0.4) is 0 Å². The van der Waals surface area contributed by atoms with Gasteiger partial charge in [0, 0.05) is 28.5 Å². The smallest absolute Gasteiger partial charge is 0 e. The van der Waals surface area contributed by atoms with Crippen molar-refractivity contribution in [1.82, 2.24) is 0 Å². The van der Waals surface area contributed by atoms with Crippen LogP contribution in [0.15, 0.2) is 54.6 Å². The molecule has 0 aromatic heterocycles. The third-order valence-corrected chi connectivity index (χ3v) is 3.25. The summed E-state index contributed by atoms with van der Waals surface area (Å²) in [6, 6.07) is 16.8. The Morgan fingerprint density at radius 1 is 0.923 bits per heavy atom. The number of ketones is 1. The molecule has 0 N–H and O–H groups in total. The molecule has 1 aliphatic rings. The number of benzene rings is 2. The maximum absolute atomic E-state index is 12.2. The van der Waals surface area contributed by atoms with E-state index in [1.807, 2.05) is 54.6 Å². The van der Waals surface area contributed by atoms with Crippen molar-refractivity contribution in [2.45, 2.75) is 12.2 Å². The number of hydrogen-bond acceptors (Lipinski definition) is 3. The molecule has 7 heteroatoms. The predicted octanol–water partition coefficient (Wildman–Crippen LogP) is 2.90. The average molecular weight is 390 g/mol. The van der Waals surface area contributed by atoms with E-state index in [0.717, 1.165) is 11.3 Å². The van der Waals surface area contributed by atoms with Gasteiger partial charge in [-0.05, 0) is 6.07 Å². The van der Waals surface area contributed by atoms with Gasteiger partial charge in [-0.1, -0.05) is 48.5 Å². The molecule has 0 saturated carbocycles. The van der Waals surface area contributed by atoms with Crippen molar-refractivity contribution >= 4 is 5.78 Å². The summed E-state index contributed by atoms with van der Waals surface area (Å²) in [5, 5.41) is 0. The van der Waals surface area contributed by atoms with Crippen molar-refractivity contribution in [1.29, 1.82) is 0 Å². The molecular formula is C19H14CrO6. The van der Waals surface area contributed by atoms with E-state index >= 15 is 0 Å². The van der Waals surface area contributed by atoms with Gasteiger partial charge < -0.3 is 9.47 Å². The molecule has 0 spiro atoms. The Balaban J connectivity index is 0. The number of ether oxygens (including phenoxy) is 2. The molecule has 6 nitrogen and oxygen atoms in total. The van der Waals surface area contributed by atoms with Crippen LogP contribution in [-0.4, -0.2) is 19.0 Å². The Hall–Kier alpha value is -2.38. The summed E-state index contributed by atoms with van der Waals surface area (Å²) in [6.07, 6.45) is -0.581. The molecule has 2 atom stereocenters. The van der Waals surface area contributed by atoms with Gasteiger partial charge in [-0.3, -0.25) is 4.79 Å². The summed E-state index contributed by atoms with van der Waals surface area (Å²) < 4.78 is 33.3. The number of hydrogen-bond donors (Lipinski definition) is 0. The third kappa shape index (κ3) is 6.86. The molecule has 2 aromatic carbocycles. The largest absolute Gasteiger partial charge is 0 e. The van der Waals surface area contributed by atoms with Gasteiger partial charge in [-0.15, -0.1) is 0 Å². The van der Waals surface area contributed by atoms with Crippen LogP contribution in [0.2, 0.25) is 0 Å². The molecule has 26 heavy (non-hydrogen) atoms. The van der Waals surface area contributed by atoms with E-state index < -0.39 is 6.10 Å². The maximum Gasteiger partial charge on any atom is 0 e. The maximum atomic E-state index is 12.2. The molecule has 0 bridgehead atoms. The zero-order valence-corrected chi connectivity index (χ0v) is 15.0. The number of rotatable bonds is 4. The van der Waals surface area contributed by atoms with Crippen molar-refractivity contribution in [2.24, 2.45) is 0 Å². The first-order valence-corrected chi connectivity index (χ1v) is 6.80. The van der Waals surface area contributed by atoms with Gasteiger partial charge in [0.05, 0.1) is 7.11 Å². The monoisotopic (exact) mass is 390 g/mol. The summed E-state index contributed by atoms with van der Waals surface area (Å²) in [5.74, 6) is 0.785. The molecular weight excluding hydrogens is 376 g/mol. The number of methoxy groups -OCH3 is 1. The van der Waals surface area contributed by atoms with Crippen molar-refractivity contribution < 1.29 is 45.6 Å². The van der Waals surface area contributed by atoms with E-state index in [2.05, 4.69) is 20.0 Å². The van der Waals surface area contributed by atoms with Crippen LogP contribution in [0.4, 0.5) is 0 Å². The molecule has 1 saturated heterocycles. The van der Waals surface area contributed by atoms with Crippen molar-refractivity contribution in [3.63, 3.8) is 0 Å². The normalized spacial score (nSPS) is 15.5. The van der Waals surface area contributed by atoms with Crippen LogP contribution < -0.4 is 4.74 Å². The second-order valence-corrected chi connectivity index (χ2v) is 4.45.